The molecule has 0 saturated carbocycles. The third kappa shape index (κ3) is 12.2. The minimum Gasteiger partial charge on any atom is -0.655 e. The van der Waals surface area contributed by atoms with E-state index in [4.69, 9.17) is 0 Å². The van der Waals surface area contributed by atoms with Crippen LogP contribution in [0.2, 0.25) is 0 Å². The van der Waals surface area contributed by atoms with Crippen molar-refractivity contribution < 1.29 is 29.6 Å². The van der Waals surface area contributed by atoms with Crippen LogP contribution in [0.1, 0.15) is 34.6 Å². The molecule has 9 heavy (non-hydrogen) atoms. The van der Waals surface area contributed by atoms with Gasteiger partial charge in [-0.25, -0.2) is 0 Å². The predicted octanol–water partition coefficient (Wildman–Crippen LogP) is -0.429. The molecule has 0 aromatic heterocycles. The molecule has 0 heterocycles. The van der Waals surface area contributed by atoms with Crippen molar-refractivity contribution in [1.82, 2.24) is 0 Å². The quantitative estimate of drug-likeness (QED) is 0.435. The Morgan fingerprint density at radius 3 is 1.44 bits per heavy atom. The van der Waals surface area contributed by atoms with E-state index >= 15 is 0 Å². The van der Waals surface area contributed by atoms with Crippen molar-refractivity contribution in [1.29, 1.82) is 0 Å². The van der Waals surface area contributed by atoms with E-state index in [-0.39, 0.29) is 35.1 Å². The zero-order valence-electron chi connectivity index (χ0n) is 7.52. The molecule has 0 aliphatic heterocycles. The van der Waals surface area contributed by atoms with Crippen LogP contribution in [0.3, 0.4) is 0 Å². The molecule has 0 aromatic carbocycles. The van der Waals surface area contributed by atoms with Gasteiger partial charge in [0.1, 0.15) is 0 Å². The Hall–Kier alpha value is 0.960. The van der Waals surface area contributed by atoms with Crippen molar-refractivity contribution in [2.75, 3.05) is 0 Å². The summed E-state index contributed by atoms with van der Waals surface area (Å²) in [6.07, 6.45) is 0. The van der Waals surface area contributed by atoms with Crippen LogP contribution in [-0.4, -0.2) is 11.6 Å². The summed E-state index contributed by atoms with van der Waals surface area (Å²) in [4.78, 5) is 0. The largest absolute Gasteiger partial charge is 1.00 e. The van der Waals surface area contributed by atoms with E-state index in [1.807, 2.05) is 0 Å². The standard InChI is InChI=1S/C7H16N.Na/c1-6(2)8-7(3,4)5;/h6H,1-5H3;/q-1;+1. The van der Waals surface area contributed by atoms with Gasteiger partial charge in [0.05, 0.1) is 0 Å². The van der Waals surface area contributed by atoms with Crippen molar-refractivity contribution in [3.63, 3.8) is 0 Å². The van der Waals surface area contributed by atoms with Gasteiger partial charge in [0.2, 0.25) is 0 Å². The van der Waals surface area contributed by atoms with Gasteiger partial charge in [-0.3, -0.25) is 0 Å². The van der Waals surface area contributed by atoms with Gasteiger partial charge in [-0.15, -0.1) is 11.6 Å². The Balaban J connectivity index is 0. The van der Waals surface area contributed by atoms with E-state index in [1.54, 1.807) is 0 Å². The van der Waals surface area contributed by atoms with E-state index in [2.05, 4.69) is 39.9 Å². The fraction of sp³-hybridized carbons (Fsp3) is 1.00. The van der Waals surface area contributed by atoms with Crippen LogP contribution in [0, 0.1) is 0 Å². The van der Waals surface area contributed by atoms with Gasteiger partial charge in [0, 0.05) is 0 Å². The third-order valence-electron chi connectivity index (χ3n) is 0.645. The first-order chi connectivity index (χ1) is 3.42. The summed E-state index contributed by atoms with van der Waals surface area (Å²) in [6, 6.07) is 0.468. The average molecular weight is 137 g/mol. The van der Waals surface area contributed by atoms with Gasteiger partial charge in [-0.1, -0.05) is 34.6 Å². The molecule has 0 aliphatic carbocycles. The first-order valence-electron chi connectivity index (χ1n) is 3.14. The Bertz CT molecular complexity index is 63.8. The first-order valence-corrected chi connectivity index (χ1v) is 3.14. The minimum atomic E-state index is 0. The molecular weight excluding hydrogens is 121 g/mol. The van der Waals surface area contributed by atoms with E-state index in [9.17, 15) is 0 Å². The second-order valence-electron chi connectivity index (χ2n) is 3.39. The number of rotatable bonds is 1. The summed E-state index contributed by atoms with van der Waals surface area (Å²) in [6.45, 7) is 10.6. The van der Waals surface area contributed by atoms with Crippen molar-refractivity contribution in [3.05, 3.63) is 5.32 Å². The second kappa shape index (κ2) is 4.73. The summed E-state index contributed by atoms with van der Waals surface area (Å²) >= 11 is 0. The van der Waals surface area contributed by atoms with Crippen LogP contribution in [0.4, 0.5) is 0 Å². The zero-order valence-corrected chi connectivity index (χ0v) is 9.52. The summed E-state index contributed by atoms with van der Waals surface area (Å²) in [5.41, 5.74) is 0.147. The maximum atomic E-state index is 4.41. The van der Waals surface area contributed by atoms with Crippen LogP contribution in [0.25, 0.3) is 5.32 Å². The Morgan fingerprint density at radius 1 is 1.11 bits per heavy atom. The maximum absolute atomic E-state index is 4.41. The molecule has 0 bridgehead atoms. The Kier molecular flexibility index (Phi) is 6.63. The predicted molar refractivity (Wildman–Crippen MR) is 38.2 cm³/mol. The van der Waals surface area contributed by atoms with Crippen molar-refractivity contribution in [2.45, 2.75) is 46.2 Å². The normalized spacial score (nSPS) is 11.3. The zero-order chi connectivity index (χ0) is 6.78. The number of hydrogen-bond acceptors (Lipinski definition) is 0. The molecule has 0 amide bonds. The minimum absolute atomic E-state index is 0. The van der Waals surface area contributed by atoms with Crippen LogP contribution in [0.15, 0.2) is 0 Å². The molecule has 0 rings (SSSR count). The van der Waals surface area contributed by atoms with Crippen LogP contribution in [-0.2, 0) is 0 Å². The van der Waals surface area contributed by atoms with Crippen LogP contribution in [0.5, 0.6) is 0 Å². The third-order valence-corrected chi connectivity index (χ3v) is 0.645. The van der Waals surface area contributed by atoms with Crippen molar-refractivity contribution >= 4 is 0 Å². The molecule has 2 heteroatoms. The van der Waals surface area contributed by atoms with Gasteiger partial charge in [0.25, 0.3) is 0 Å². The summed E-state index contributed by atoms with van der Waals surface area (Å²) < 4.78 is 0. The van der Waals surface area contributed by atoms with Crippen LogP contribution < -0.4 is 29.6 Å². The summed E-state index contributed by atoms with van der Waals surface area (Å²) in [5.74, 6) is 0. The molecule has 0 spiro atoms. The fourth-order valence-electron chi connectivity index (χ4n) is 0.775. The van der Waals surface area contributed by atoms with Gasteiger partial charge in [-0.05, 0) is 0 Å². The topological polar surface area (TPSA) is 14.1 Å². The summed E-state index contributed by atoms with van der Waals surface area (Å²) in [5, 5.41) is 4.41. The van der Waals surface area contributed by atoms with Gasteiger partial charge >= 0.3 is 29.6 Å². The van der Waals surface area contributed by atoms with E-state index in [1.165, 1.54) is 0 Å². The monoisotopic (exact) mass is 137 g/mol. The molecule has 0 radical (unpaired) electrons. The van der Waals surface area contributed by atoms with E-state index in [0.717, 1.165) is 0 Å². The van der Waals surface area contributed by atoms with Gasteiger partial charge in [-0.2, -0.15) is 0 Å². The molecule has 0 unspecified atom stereocenters. The molecule has 1 nitrogen and oxygen atoms in total. The second-order valence-corrected chi connectivity index (χ2v) is 3.39. The molecule has 0 aliphatic rings. The molecular formula is C7H16NNa. The Labute approximate surface area is 80.9 Å². The molecule has 0 N–H and O–H groups in total. The first kappa shape index (κ1) is 12.6. The maximum Gasteiger partial charge on any atom is 1.00 e. The van der Waals surface area contributed by atoms with Crippen LogP contribution >= 0.6 is 0 Å². The average Bonchev–Trinajstić information content (AvgIpc) is 1.21. The molecule has 0 atom stereocenters. The van der Waals surface area contributed by atoms with E-state index < -0.39 is 0 Å². The molecule has 0 aromatic rings. The van der Waals surface area contributed by atoms with Gasteiger partial charge in [0.15, 0.2) is 0 Å². The van der Waals surface area contributed by atoms with Gasteiger partial charge < -0.3 is 5.32 Å². The smallest absolute Gasteiger partial charge is 0.655 e. The molecule has 0 fully saturated rings. The van der Waals surface area contributed by atoms with Crippen molar-refractivity contribution in [2.24, 2.45) is 0 Å². The molecule has 50 valence electrons. The summed E-state index contributed by atoms with van der Waals surface area (Å²) in [7, 11) is 0. The van der Waals surface area contributed by atoms with E-state index in [0.29, 0.717) is 6.04 Å². The SMILES string of the molecule is CC(C)[N-]C(C)(C)C.[Na+]. The number of hydrogen-bond donors (Lipinski definition) is 0. The fourth-order valence-corrected chi connectivity index (χ4v) is 0.775. The van der Waals surface area contributed by atoms with Crippen molar-refractivity contribution in [3.8, 4) is 0 Å². The Morgan fingerprint density at radius 2 is 1.44 bits per heavy atom. The molecule has 0 saturated heterocycles. The number of nitrogens with zero attached hydrogens (tertiary/aromatic N) is 1.